The summed E-state index contributed by atoms with van der Waals surface area (Å²) in [6, 6.07) is 7.88. The summed E-state index contributed by atoms with van der Waals surface area (Å²) in [6.45, 7) is 7.26. The molecular formula is C15H21ClN2O2. The Labute approximate surface area is 125 Å². The summed E-state index contributed by atoms with van der Waals surface area (Å²) >= 11 is 6.00. The van der Waals surface area contributed by atoms with E-state index in [2.05, 4.69) is 10.2 Å². The van der Waals surface area contributed by atoms with Crippen LogP contribution in [0.4, 0.5) is 10.5 Å². The molecule has 1 N–H and O–H groups in total. The monoisotopic (exact) mass is 296 g/mol. The number of amides is 1. The lowest BCUT2D eigenvalue weighted by Gasteiger charge is -2.22. The number of nitrogens with one attached hydrogen (secondary N) is 1. The molecule has 1 aromatic rings. The first-order valence-electron chi connectivity index (χ1n) is 6.83. The van der Waals surface area contributed by atoms with Gasteiger partial charge in [0.2, 0.25) is 0 Å². The Balaban J connectivity index is 1.88. The van der Waals surface area contributed by atoms with E-state index in [9.17, 15) is 4.79 Å². The van der Waals surface area contributed by atoms with E-state index >= 15 is 0 Å². The second-order valence-corrected chi connectivity index (χ2v) is 6.49. The molecule has 0 spiro atoms. The summed E-state index contributed by atoms with van der Waals surface area (Å²) in [7, 11) is 0. The molecule has 1 aromatic carbocycles. The Morgan fingerprint density at radius 1 is 1.45 bits per heavy atom. The average molecular weight is 297 g/mol. The zero-order valence-corrected chi connectivity index (χ0v) is 12.9. The number of carbonyl (C=O) groups excluding carboxylic acids is 1. The van der Waals surface area contributed by atoms with E-state index in [1.54, 1.807) is 0 Å². The summed E-state index contributed by atoms with van der Waals surface area (Å²) in [5, 5.41) is 3.64. The molecule has 0 bridgehead atoms. The van der Waals surface area contributed by atoms with Crippen molar-refractivity contribution in [1.29, 1.82) is 0 Å². The van der Waals surface area contributed by atoms with Gasteiger partial charge in [0.1, 0.15) is 5.60 Å². The third-order valence-electron chi connectivity index (χ3n) is 3.08. The van der Waals surface area contributed by atoms with Gasteiger partial charge in [-0.1, -0.05) is 17.7 Å². The smallest absolute Gasteiger partial charge is 0.407 e. The molecule has 1 atom stereocenters. The van der Waals surface area contributed by atoms with Crippen LogP contribution < -0.4 is 10.2 Å². The molecular weight excluding hydrogens is 276 g/mol. The number of rotatable bonds is 2. The third-order valence-corrected chi connectivity index (χ3v) is 3.32. The van der Waals surface area contributed by atoms with Gasteiger partial charge in [-0.2, -0.15) is 0 Å². The molecule has 1 saturated heterocycles. The molecule has 4 nitrogen and oxygen atoms in total. The lowest BCUT2D eigenvalue weighted by atomic mass is 10.2. The highest BCUT2D eigenvalue weighted by Gasteiger charge is 2.26. The number of ether oxygens (including phenoxy) is 1. The summed E-state index contributed by atoms with van der Waals surface area (Å²) in [4.78, 5) is 14.0. The molecule has 1 amide bonds. The molecule has 0 aromatic heterocycles. The van der Waals surface area contributed by atoms with Crippen LogP contribution in [0.5, 0.6) is 0 Å². The quantitative estimate of drug-likeness (QED) is 0.909. The number of hydrogen-bond donors (Lipinski definition) is 1. The molecule has 0 radical (unpaired) electrons. The van der Waals surface area contributed by atoms with Crippen LogP contribution in [-0.2, 0) is 4.74 Å². The molecule has 2 rings (SSSR count). The maximum Gasteiger partial charge on any atom is 0.407 e. The van der Waals surface area contributed by atoms with Gasteiger partial charge in [0.25, 0.3) is 0 Å². The minimum atomic E-state index is -0.463. The molecule has 1 aliphatic rings. The maximum atomic E-state index is 11.7. The van der Waals surface area contributed by atoms with E-state index in [-0.39, 0.29) is 12.1 Å². The Morgan fingerprint density at radius 3 is 2.85 bits per heavy atom. The minimum absolute atomic E-state index is 0.115. The van der Waals surface area contributed by atoms with Crippen molar-refractivity contribution in [2.24, 2.45) is 0 Å². The van der Waals surface area contributed by atoms with Gasteiger partial charge >= 0.3 is 6.09 Å². The van der Waals surface area contributed by atoms with Crippen LogP contribution in [0.15, 0.2) is 24.3 Å². The van der Waals surface area contributed by atoms with Crippen LogP contribution in [-0.4, -0.2) is 30.8 Å². The Bertz CT molecular complexity index is 485. The van der Waals surface area contributed by atoms with Gasteiger partial charge in [-0.15, -0.1) is 0 Å². The van der Waals surface area contributed by atoms with Crippen LogP contribution in [0.2, 0.25) is 5.02 Å². The molecule has 0 saturated carbocycles. The predicted octanol–water partition coefficient (Wildman–Crippen LogP) is 3.44. The first kappa shape index (κ1) is 15.0. The highest BCUT2D eigenvalue weighted by atomic mass is 35.5. The van der Waals surface area contributed by atoms with Gasteiger partial charge in [0.05, 0.1) is 6.04 Å². The average Bonchev–Trinajstić information content (AvgIpc) is 2.74. The Kier molecular flexibility index (Phi) is 4.43. The van der Waals surface area contributed by atoms with Gasteiger partial charge in [0.15, 0.2) is 0 Å². The van der Waals surface area contributed by atoms with E-state index in [1.165, 1.54) is 0 Å². The normalized spacial score (nSPS) is 19.0. The van der Waals surface area contributed by atoms with Crippen molar-refractivity contribution in [3.63, 3.8) is 0 Å². The topological polar surface area (TPSA) is 41.6 Å². The van der Waals surface area contributed by atoms with E-state index in [1.807, 2.05) is 45.0 Å². The zero-order chi connectivity index (χ0) is 14.8. The van der Waals surface area contributed by atoms with Gasteiger partial charge in [0, 0.05) is 23.8 Å². The predicted molar refractivity (Wildman–Crippen MR) is 81.4 cm³/mol. The van der Waals surface area contributed by atoms with Crippen molar-refractivity contribution in [3.8, 4) is 0 Å². The van der Waals surface area contributed by atoms with Crippen molar-refractivity contribution in [2.75, 3.05) is 18.0 Å². The second kappa shape index (κ2) is 5.92. The van der Waals surface area contributed by atoms with E-state index in [0.29, 0.717) is 0 Å². The first-order chi connectivity index (χ1) is 9.33. The minimum Gasteiger partial charge on any atom is -0.444 e. The Morgan fingerprint density at radius 2 is 2.20 bits per heavy atom. The highest BCUT2D eigenvalue weighted by molar-refractivity contribution is 6.30. The van der Waals surface area contributed by atoms with Crippen molar-refractivity contribution in [1.82, 2.24) is 5.32 Å². The molecule has 1 heterocycles. The fourth-order valence-corrected chi connectivity index (χ4v) is 2.44. The first-order valence-corrected chi connectivity index (χ1v) is 7.21. The number of benzene rings is 1. The fraction of sp³-hybridized carbons (Fsp3) is 0.533. The van der Waals surface area contributed by atoms with Crippen LogP contribution in [0.25, 0.3) is 0 Å². The van der Waals surface area contributed by atoms with Crippen LogP contribution in [0, 0.1) is 0 Å². The maximum absolute atomic E-state index is 11.7. The largest absolute Gasteiger partial charge is 0.444 e. The molecule has 1 aliphatic heterocycles. The van der Waals surface area contributed by atoms with Crippen LogP contribution >= 0.6 is 11.6 Å². The zero-order valence-electron chi connectivity index (χ0n) is 12.1. The second-order valence-electron chi connectivity index (χ2n) is 6.06. The van der Waals surface area contributed by atoms with E-state index < -0.39 is 5.60 Å². The summed E-state index contributed by atoms with van der Waals surface area (Å²) in [5.74, 6) is 0. The van der Waals surface area contributed by atoms with Crippen molar-refractivity contribution < 1.29 is 9.53 Å². The van der Waals surface area contributed by atoms with Crippen molar-refractivity contribution in [2.45, 2.75) is 38.8 Å². The van der Waals surface area contributed by atoms with Gasteiger partial charge < -0.3 is 15.0 Å². The molecule has 0 aliphatic carbocycles. The number of hydrogen-bond acceptors (Lipinski definition) is 3. The Hall–Kier alpha value is -1.42. The molecule has 5 heteroatoms. The summed E-state index contributed by atoms with van der Waals surface area (Å²) < 4.78 is 5.27. The molecule has 20 heavy (non-hydrogen) atoms. The number of alkyl carbamates (subject to hydrolysis) is 1. The van der Waals surface area contributed by atoms with Crippen LogP contribution in [0.3, 0.4) is 0 Å². The number of carbonyl (C=O) groups is 1. The fourth-order valence-electron chi connectivity index (χ4n) is 2.26. The third kappa shape index (κ3) is 4.30. The van der Waals surface area contributed by atoms with Crippen molar-refractivity contribution >= 4 is 23.4 Å². The standard InChI is InChI=1S/C15H21ClN2O2/c1-15(2,3)20-14(19)17-12-7-8-18(10-12)13-6-4-5-11(16)9-13/h4-6,9,12H,7-8,10H2,1-3H3,(H,17,19). The summed E-state index contributed by atoms with van der Waals surface area (Å²) in [6.07, 6.45) is 0.557. The molecule has 110 valence electrons. The van der Waals surface area contributed by atoms with Gasteiger partial charge in [-0.05, 0) is 45.4 Å². The van der Waals surface area contributed by atoms with Gasteiger partial charge in [-0.25, -0.2) is 4.79 Å². The highest BCUT2D eigenvalue weighted by Crippen LogP contribution is 2.23. The SMILES string of the molecule is CC(C)(C)OC(=O)NC1CCN(c2cccc(Cl)c2)C1. The van der Waals surface area contributed by atoms with Crippen LogP contribution in [0.1, 0.15) is 27.2 Å². The van der Waals surface area contributed by atoms with E-state index in [0.717, 1.165) is 30.2 Å². The molecule has 1 unspecified atom stereocenters. The molecule has 1 fully saturated rings. The van der Waals surface area contributed by atoms with Crippen molar-refractivity contribution in [3.05, 3.63) is 29.3 Å². The lowest BCUT2D eigenvalue weighted by molar-refractivity contribution is 0.0509. The summed E-state index contributed by atoms with van der Waals surface area (Å²) in [5.41, 5.74) is 0.626. The van der Waals surface area contributed by atoms with Gasteiger partial charge in [-0.3, -0.25) is 0 Å². The number of halogens is 1. The van der Waals surface area contributed by atoms with E-state index in [4.69, 9.17) is 16.3 Å². The number of nitrogens with zero attached hydrogens (tertiary/aromatic N) is 1. The lowest BCUT2D eigenvalue weighted by Crippen LogP contribution is -2.40. The number of anilines is 1.